The van der Waals surface area contributed by atoms with E-state index in [-0.39, 0.29) is 31.0 Å². The fraction of sp³-hybridized carbons (Fsp3) is 0.375. The summed E-state index contributed by atoms with van der Waals surface area (Å²) in [7, 11) is 1.25. The molecule has 0 aliphatic carbocycles. The predicted octanol–water partition coefficient (Wildman–Crippen LogP) is 2.97. The number of esters is 1. The van der Waals surface area contributed by atoms with Crippen molar-refractivity contribution in [2.75, 3.05) is 7.11 Å². The smallest absolute Gasteiger partial charge is 0.305 e. The van der Waals surface area contributed by atoms with Crippen molar-refractivity contribution in [3.63, 3.8) is 0 Å². The molecule has 1 aliphatic heterocycles. The van der Waals surface area contributed by atoms with E-state index in [0.717, 1.165) is 12.8 Å². The molecule has 0 saturated carbocycles. The van der Waals surface area contributed by atoms with Gasteiger partial charge in [-0.3, -0.25) is 14.4 Å². The average molecular weight is 427 g/mol. The zero-order valence-corrected chi connectivity index (χ0v) is 18.3. The van der Waals surface area contributed by atoms with Crippen molar-refractivity contribution in [2.45, 2.75) is 52.1 Å². The van der Waals surface area contributed by atoms with E-state index in [0.29, 0.717) is 11.1 Å². The van der Waals surface area contributed by atoms with Crippen molar-refractivity contribution in [3.05, 3.63) is 64.7 Å². The molecule has 166 valence electrons. The molecule has 7 heteroatoms. The third-order valence-electron chi connectivity index (χ3n) is 5.36. The number of amides is 2. The molecular formula is C24H30N2O5. The molecule has 2 aromatic rings. The number of ether oxygens (including phenoxy) is 1. The molecule has 0 radical (unpaired) electrons. The first-order valence-electron chi connectivity index (χ1n) is 10.4. The van der Waals surface area contributed by atoms with Gasteiger partial charge in [0.1, 0.15) is 11.8 Å². The van der Waals surface area contributed by atoms with Crippen molar-refractivity contribution in [1.82, 2.24) is 4.90 Å². The summed E-state index contributed by atoms with van der Waals surface area (Å²) < 4.78 is 4.52. The average Bonchev–Trinajstić information content (AvgIpc) is 3.11. The van der Waals surface area contributed by atoms with E-state index in [1.807, 2.05) is 0 Å². The summed E-state index contributed by atoms with van der Waals surface area (Å²) in [6.45, 7) is 4.46. The lowest BCUT2D eigenvalue weighted by Gasteiger charge is -2.24. The molecule has 7 nitrogen and oxygen atoms in total. The molecule has 3 N–H and O–H groups in total. The normalized spacial score (nSPS) is 13.1. The molecule has 0 bridgehead atoms. The molecule has 2 amide bonds. The van der Waals surface area contributed by atoms with Crippen LogP contribution >= 0.6 is 0 Å². The van der Waals surface area contributed by atoms with E-state index in [9.17, 15) is 19.5 Å². The number of aromatic hydroxyl groups is 1. The summed E-state index contributed by atoms with van der Waals surface area (Å²) in [5.74, 6) is -1.55. The number of nitrogens with two attached hydrogens (primary N) is 1. The lowest BCUT2D eigenvalue weighted by Crippen LogP contribution is -2.45. The minimum absolute atomic E-state index is 0.000427. The Morgan fingerprint density at radius 3 is 2.13 bits per heavy atom. The second-order valence-electron chi connectivity index (χ2n) is 7.29. The first-order chi connectivity index (χ1) is 14.8. The van der Waals surface area contributed by atoms with Gasteiger partial charge in [0.25, 0.3) is 5.91 Å². The number of aryl methyl sites for hydroxylation is 2. The number of phenols is 1. The number of nitrogens with zero attached hydrogens (tertiary/aromatic N) is 1. The van der Waals surface area contributed by atoms with Gasteiger partial charge in [0.15, 0.2) is 0 Å². The lowest BCUT2D eigenvalue weighted by atomic mass is 10.1. The van der Waals surface area contributed by atoms with Gasteiger partial charge < -0.3 is 20.5 Å². The molecule has 0 unspecified atom stereocenters. The summed E-state index contributed by atoms with van der Waals surface area (Å²) in [5.41, 5.74) is 9.00. The monoisotopic (exact) mass is 426 g/mol. The number of carbonyl (C=O) groups excluding carboxylic acids is 3. The van der Waals surface area contributed by atoms with Crippen LogP contribution in [0.1, 0.15) is 53.7 Å². The molecule has 0 aromatic heterocycles. The molecule has 31 heavy (non-hydrogen) atoms. The number of fused-ring (bicyclic) bond motifs is 1. The quantitative estimate of drug-likeness (QED) is 0.662. The van der Waals surface area contributed by atoms with Gasteiger partial charge in [0, 0.05) is 17.5 Å². The molecule has 1 atom stereocenters. The Bertz CT molecular complexity index is 901. The summed E-state index contributed by atoms with van der Waals surface area (Å²) in [5, 5.41) is 9.77. The maximum Gasteiger partial charge on any atom is 0.305 e. The van der Waals surface area contributed by atoms with Crippen LogP contribution < -0.4 is 5.73 Å². The zero-order valence-electron chi connectivity index (χ0n) is 18.3. The summed E-state index contributed by atoms with van der Waals surface area (Å²) >= 11 is 0. The van der Waals surface area contributed by atoms with Crippen LogP contribution in [0, 0.1) is 0 Å². The number of hydrogen-bond acceptors (Lipinski definition) is 5. The van der Waals surface area contributed by atoms with Gasteiger partial charge in [0.05, 0.1) is 13.7 Å². The Morgan fingerprint density at radius 2 is 1.68 bits per heavy atom. The van der Waals surface area contributed by atoms with Crippen LogP contribution in [0.5, 0.6) is 5.75 Å². The minimum Gasteiger partial charge on any atom is -0.508 e. The van der Waals surface area contributed by atoms with Gasteiger partial charge in [-0.25, -0.2) is 0 Å². The highest BCUT2D eigenvalue weighted by Crippen LogP contribution is 2.31. The predicted molar refractivity (Wildman–Crippen MR) is 117 cm³/mol. The van der Waals surface area contributed by atoms with E-state index >= 15 is 0 Å². The number of primary amides is 1. The number of rotatable bonds is 7. The number of methoxy groups -OCH3 is 1. The van der Waals surface area contributed by atoms with Crippen LogP contribution in [0.2, 0.25) is 0 Å². The summed E-state index contributed by atoms with van der Waals surface area (Å²) in [4.78, 5) is 36.3. The van der Waals surface area contributed by atoms with Crippen LogP contribution in [0.4, 0.5) is 0 Å². The third kappa shape index (κ3) is 6.07. The zero-order chi connectivity index (χ0) is 23.0. The Kier molecular flexibility index (Phi) is 8.61. The molecule has 1 aliphatic rings. The van der Waals surface area contributed by atoms with Gasteiger partial charge in [-0.15, -0.1) is 0 Å². The van der Waals surface area contributed by atoms with E-state index < -0.39 is 17.9 Å². The molecule has 3 rings (SSSR count). The fourth-order valence-corrected chi connectivity index (χ4v) is 3.41. The van der Waals surface area contributed by atoms with E-state index in [1.54, 1.807) is 12.1 Å². The maximum atomic E-state index is 12.3. The van der Waals surface area contributed by atoms with Gasteiger partial charge in [-0.05, 0) is 42.5 Å². The topological polar surface area (TPSA) is 110 Å². The highest BCUT2D eigenvalue weighted by molar-refractivity contribution is 6.01. The van der Waals surface area contributed by atoms with Crippen LogP contribution in [0.3, 0.4) is 0 Å². The van der Waals surface area contributed by atoms with Crippen molar-refractivity contribution in [2.24, 2.45) is 5.73 Å². The second-order valence-corrected chi connectivity index (χ2v) is 7.29. The van der Waals surface area contributed by atoms with Crippen LogP contribution in [-0.4, -0.2) is 40.9 Å². The molecule has 0 spiro atoms. The number of carbonyl (C=O) groups is 3. The Balaban J connectivity index is 0.000000285. The molecule has 1 heterocycles. The SMILES string of the molecule is CCc1ccc(CC)cc1.COC(=O)CC[C@@H](C(N)=O)N1Cc2c(O)cccc2C1=O. The first kappa shape index (κ1) is 23.9. The third-order valence-corrected chi connectivity index (χ3v) is 5.36. The van der Waals surface area contributed by atoms with Crippen molar-refractivity contribution < 1.29 is 24.2 Å². The highest BCUT2D eigenvalue weighted by Gasteiger charge is 2.36. The largest absolute Gasteiger partial charge is 0.508 e. The van der Waals surface area contributed by atoms with Gasteiger partial charge in [-0.1, -0.05) is 44.2 Å². The van der Waals surface area contributed by atoms with Crippen LogP contribution in [0.25, 0.3) is 0 Å². The second kappa shape index (κ2) is 11.2. The Morgan fingerprint density at radius 1 is 1.10 bits per heavy atom. The van der Waals surface area contributed by atoms with E-state index in [1.165, 1.54) is 29.2 Å². The van der Waals surface area contributed by atoms with Gasteiger partial charge in [-0.2, -0.15) is 0 Å². The lowest BCUT2D eigenvalue weighted by molar-refractivity contribution is -0.141. The molecule has 0 saturated heterocycles. The van der Waals surface area contributed by atoms with Crippen LogP contribution in [-0.2, 0) is 33.7 Å². The van der Waals surface area contributed by atoms with Gasteiger partial charge >= 0.3 is 5.97 Å². The number of hydrogen-bond donors (Lipinski definition) is 2. The fourth-order valence-electron chi connectivity index (χ4n) is 3.41. The first-order valence-corrected chi connectivity index (χ1v) is 10.4. The molecule has 2 aromatic carbocycles. The van der Waals surface area contributed by atoms with E-state index in [4.69, 9.17) is 5.73 Å². The van der Waals surface area contributed by atoms with Crippen molar-refractivity contribution in [3.8, 4) is 5.75 Å². The molecular weight excluding hydrogens is 396 g/mol. The summed E-state index contributed by atoms with van der Waals surface area (Å²) in [6.07, 6.45) is 2.35. The van der Waals surface area contributed by atoms with Gasteiger partial charge in [0.2, 0.25) is 5.91 Å². The highest BCUT2D eigenvalue weighted by atomic mass is 16.5. The van der Waals surface area contributed by atoms with Crippen molar-refractivity contribution in [1.29, 1.82) is 0 Å². The number of phenolic OH excluding ortho intramolecular Hbond substituents is 1. The Labute approximate surface area is 182 Å². The maximum absolute atomic E-state index is 12.3. The number of benzene rings is 2. The van der Waals surface area contributed by atoms with E-state index in [2.05, 4.69) is 42.8 Å². The standard InChI is InChI=1S/C14H16N2O5.C10H14/c1-21-12(18)6-5-10(13(15)19)16-7-9-8(14(16)20)3-2-4-11(9)17;1-3-9-5-7-10(4-2)8-6-9/h2-4,10,17H,5-7H2,1H3,(H2,15,19);5-8H,3-4H2,1-2H3/t10-;/m0./s1. The minimum atomic E-state index is -0.914. The summed E-state index contributed by atoms with van der Waals surface area (Å²) in [6, 6.07) is 12.5. The molecule has 0 fully saturated rings. The Hall–Kier alpha value is -3.35. The van der Waals surface area contributed by atoms with Crippen molar-refractivity contribution >= 4 is 17.8 Å². The van der Waals surface area contributed by atoms with Crippen LogP contribution in [0.15, 0.2) is 42.5 Å².